The summed E-state index contributed by atoms with van der Waals surface area (Å²) in [4.78, 5) is 12.4. The quantitative estimate of drug-likeness (QED) is 0.811. The summed E-state index contributed by atoms with van der Waals surface area (Å²) in [5, 5.41) is 0. The highest BCUT2D eigenvalue weighted by molar-refractivity contribution is 5.23. The third kappa shape index (κ3) is 3.00. The van der Waals surface area contributed by atoms with Crippen molar-refractivity contribution in [1.29, 1.82) is 0 Å². The molecule has 0 aromatic carbocycles. The summed E-state index contributed by atoms with van der Waals surface area (Å²) >= 11 is 0. The van der Waals surface area contributed by atoms with Crippen LogP contribution in [0.5, 0.6) is 11.8 Å². The van der Waals surface area contributed by atoms with Gasteiger partial charge in [0.25, 0.3) is 0 Å². The van der Waals surface area contributed by atoms with Crippen LogP contribution in [0.3, 0.4) is 0 Å². The molecule has 0 bridgehead atoms. The summed E-state index contributed by atoms with van der Waals surface area (Å²) in [5.74, 6) is 1.47. The van der Waals surface area contributed by atoms with Crippen LogP contribution in [0.25, 0.3) is 0 Å². The van der Waals surface area contributed by atoms with Gasteiger partial charge in [0.2, 0.25) is 11.8 Å². The zero-order valence-corrected chi connectivity index (χ0v) is 10.2. The van der Waals surface area contributed by atoms with Crippen LogP contribution >= 0.6 is 0 Å². The summed E-state index contributed by atoms with van der Waals surface area (Å²) in [7, 11) is 0. The van der Waals surface area contributed by atoms with Gasteiger partial charge in [0, 0.05) is 18.5 Å². The minimum absolute atomic E-state index is 0.467. The Balaban J connectivity index is 2.14. The average molecular weight is 229 g/mol. The number of nitrogens with zero attached hydrogens (tertiary/aromatic N) is 3. The molecule has 17 heavy (non-hydrogen) atoms. The molecule has 4 nitrogen and oxygen atoms in total. The maximum Gasteiger partial charge on any atom is 0.240 e. The fourth-order valence-electron chi connectivity index (χ4n) is 1.39. The molecule has 0 aliphatic carbocycles. The van der Waals surface area contributed by atoms with Gasteiger partial charge >= 0.3 is 0 Å². The smallest absolute Gasteiger partial charge is 0.240 e. The Hall–Kier alpha value is -1.97. The lowest BCUT2D eigenvalue weighted by Crippen LogP contribution is -1.94. The molecule has 88 valence electrons. The molecule has 0 unspecified atom stereocenters. The normalized spacial score (nSPS) is 10.6. The summed E-state index contributed by atoms with van der Waals surface area (Å²) in [6, 6.07) is 3.86. The van der Waals surface area contributed by atoms with Crippen LogP contribution in [-0.4, -0.2) is 15.0 Å². The number of aromatic nitrogens is 3. The molecule has 2 heterocycles. The highest BCUT2D eigenvalue weighted by atomic mass is 16.5. The van der Waals surface area contributed by atoms with E-state index in [9.17, 15) is 0 Å². The van der Waals surface area contributed by atoms with E-state index in [1.807, 2.05) is 25.3 Å². The van der Waals surface area contributed by atoms with Gasteiger partial charge in [-0.15, -0.1) is 0 Å². The maximum absolute atomic E-state index is 5.51. The van der Waals surface area contributed by atoms with Gasteiger partial charge in [0.05, 0.1) is 11.9 Å². The third-order valence-corrected chi connectivity index (χ3v) is 2.37. The first-order valence-corrected chi connectivity index (χ1v) is 5.57. The van der Waals surface area contributed by atoms with Gasteiger partial charge in [-0.25, -0.2) is 9.97 Å². The van der Waals surface area contributed by atoms with Crippen molar-refractivity contribution in [2.75, 3.05) is 0 Å². The zero-order valence-electron chi connectivity index (χ0n) is 10.2. The first-order valence-electron chi connectivity index (χ1n) is 5.57. The number of aryl methyl sites for hydroxylation is 1. The summed E-state index contributed by atoms with van der Waals surface area (Å²) in [5.41, 5.74) is 2.01. The summed E-state index contributed by atoms with van der Waals surface area (Å²) in [6.07, 6.45) is 5.08. The molecule has 0 saturated carbocycles. The third-order valence-electron chi connectivity index (χ3n) is 2.37. The van der Waals surface area contributed by atoms with Crippen molar-refractivity contribution in [2.24, 2.45) is 0 Å². The van der Waals surface area contributed by atoms with Crippen LogP contribution in [-0.2, 0) is 0 Å². The van der Waals surface area contributed by atoms with Gasteiger partial charge < -0.3 is 4.74 Å². The van der Waals surface area contributed by atoms with Crippen molar-refractivity contribution >= 4 is 0 Å². The molecular weight excluding hydrogens is 214 g/mol. The Morgan fingerprint density at radius 2 is 1.88 bits per heavy atom. The summed E-state index contributed by atoms with van der Waals surface area (Å²) in [6.45, 7) is 6.13. The predicted octanol–water partition coefficient (Wildman–Crippen LogP) is 3.10. The van der Waals surface area contributed by atoms with E-state index in [0.29, 0.717) is 17.7 Å². The Morgan fingerprint density at radius 1 is 1.06 bits per heavy atom. The van der Waals surface area contributed by atoms with E-state index in [-0.39, 0.29) is 0 Å². The lowest BCUT2D eigenvalue weighted by Gasteiger charge is -2.06. The Bertz CT molecular complexity index is 494. The molecule has 0 N–H and O–H groups in total. The SMILES string of the molecule is Cc1cncc(Oc2ccc(C(C)C)cn2)n1. The largest absolute Gasteiger partial charge is 0.419 e. The van der Waals surface area contributed by atoms with Crippen LogP contribution in [0.2, 0.25) is 0 Å². The van der Waals surface area contributed by atoms with E-state index < -0.39 is 0 Å². The van der Waals surface area contributed by atoms with Gasteiger partial charge in [-0.2, -0.15) is 0 Å². The molecule has 0 fully saturated rings. The highest BCUT2D eigenvalue weighted by Crippen LogP contribution is 2.19. The van der Waals surface area contributed by atoms with Crippen LogP contribution in [0.1, 0.15) is 31.0 Å². The number of ether oxygens (including phenoxy) is 1. The standard InChI is InChI=1S/C13H15N3O/c1-9(2)11-4-5-12(15-7-11)17-13-8-14-6-10(3)16-13/h4-9H,1-3H3. The Kier molecular flexibility index (Phi) is 3.32. The molecule has 4 heteroatoms. The second-order valence-electron chi connectivity index (χ2n) is 4.19. The van der Waals surface area contributed by atoms with Gasteiger partial charge in [-0.1, -0.05) is 19.9 Å². The molecule has 0 saturated heterocycles. The van der Waals surface area contributed by atoms with E-state index >= 15 is 0 Å². The topological polar surface area (TPSA) is 47.9 Å². The maximum atomic E-state index is 5.51. The zero-order chi connectivity index (χ0) is 12.3. The van der Waals surface area contributed by atoms with Crippen molar-refractivity contribution in [1.82, 2.24) is 15.0 Å². The fraction of sp³-hybridized carbons (Fsp3) is 0.308. The van der Waals surface area contributed by atoms with Crippen molar-refractivity contribution in [3.8, 4) is 11.8 Å². The molecule has 0 aliphatic rings. The molecule has 0 aliphatic heterocycles. The monoisotopic (exact) mass is 229 g/mol. The highest BCUT2D eigenvalue weighted by Gasteiger charge is 2.03. The lowest BCUT2D eigenvalue weighted by molar-refractivity contribution is 0.440. The van der Waals surface area contributed by atoms with Crippen LogP contribution in [0, 0.1) is 6.92 Å². The van der Waals surface area contributed by atoms with Gasteiger partial charge in [-0.05, 0) is 18.4 Å². The predicted molar refractivity (Wildman–Crippen MR) is 65.2 cm³/mol. The summed E-state index contributed by atoms with van der Waals surface area (Å²) < 4.78 is 5.51. The Morgan fingerprint density at radius 3 is 2.47 bits per heavy atom. The first kappa shape index (κ1) is 11.5. The number of hydrogen-bond acceptors (Lipinski definition) is 4. The molecule has 2 aromatic heterocycles. The van der Waals surface area contributed by atoms with Crippen molar-refractivity contribution in [2.45, 2.75) is 26.7 Å². The second-order valence-corrected chi connectivity index (χ2v) is 4.19. The van der Waals surface area contributed by atoms with Gasteiger partial charge in [0.15, 0.2) is 0 Å². The minimum atomic E-state index is 0.467. The second kappa shape index (κ2) is 4.91. The molecule has 2 aromatic rings. The van der Waals surface area contributed by atoms with E-state index in [0.717, 1.165) is 5.69 Å². The van der Waals surface area contributed by atoms with Crippen molar-refractivity contribution < 1.29 is 4.74 Å². The lowest BCUT2D eigenvalue weighted by atomic mass is 10.1. The molecule has 2 rings (SSSR count). The van der Waals surface area contributed by atoms with E-state index in [4.69, 9.17) is 4.74 Å². The van der Waals surface area contributed by atoms with Crippen LogP contribution in [0.4, 0.5) is 0 Å². The molecule has 0 radical (unpaired) electrons. The Labute approximate surface area is 101 Å². The van der Waals surface area contributed by atoms with Gasteiger partial charge in [0.1, 0.15) is 0 Å². The van der Waals surface area contributed by atoms with Crippen molar-refractivity contribution in [3.63, 3.8) is 0 Å². The molecular formula is C13H15N3O. The molecule has 0 atom stereocenters. The minimum Gasteiger partial charge on any atom is -0.419 e. The number of hydrogen-bond donors (Lipinski definition) is 0. The van der Waals surface area contributed by atoms with Gasteiger partial charge in [-0.3, -0.25) is 4.98 Å². The molecule has 0 spiro atoms. The van der Waals surface area contributed by atoms with Crippen LogP contribution < -0.4 is 4.74 Å². The van der Waals surface area contributed by atoms with E-state index in [1.165, 1.54) is 5.56 Å². The molecule has 0 amide bonds. The average Bonchev–Trinajstić information content (AvgIpc) is 2.29. The van der Waals surface area contributed by atoms with Crippen LogP contribution in [0.15, 0.2) is 30.7 Å². The van der Waals surface area contributed by atoms with Crippen molar-refractivity contribution in [3.05, 3.63) is 42.0 Å². The van der Waals surface area contributed by atoms with E-state index in [1.54, 1.807) is 12.4 Å². The fourth-order valence-corrected chi connectivity index (χ4v) is 1.39. The first-order chi connectivity index (χ1) is 8.15. The number of pyridine rings is 1. The van der Waals surface area contributed by atoms with E-state index in [2.05, 4.69) is 28.8 Å². The number of rotatable bonds is 3.